The molecule has 3 atom stereocenters. The molecule has 1 saturated carbocycles. The van der Waals surface area contributed by atoms with Crippen LogP contribution in [0.1, 0.15) is 58.8 Å². The highest BCUT2D eigenvalue weighted by atomic mass is 16.5. The summed E-state index contributed by atoms with van der Waals surface area (Å²) in [5, 5.41) is 16.4. The lowest BCUT2D eigenvalue weighted by Crippen LogP contribution is -2.68. The van der Waals surface area contributed by atoms with Crippen LogP contribution in [0.4, 0.5) is 4.79 Å². The molecule has 0 spiro atoms. The lowest BCUT2D eigenvalue weighted by atomic mass is 9.93. The lowest BCUT2D eigenvalue weighted by Gasteiger charge is -2.37. The van der Waals surface area contributed by atoms with E-state index in [0.29, 0.717) is 12.1 Å². The molecule has 2 rings (SSSR count). The van der Waals surface area contributed by atoms with Gasteiger partial charge in [-0.15, -0.1) is 0 Å². The van der Waals surface area contributed by atoms with Crippen LogP contribution >= 0.6 is 0 Å². The Bertz CT molecular complexity index is 374. The summed E-state index contributed by atoms with van der Waals surface area (Å²) in [6, 6.07) is 0.492. The van der Waals surface area contributed by atoms with Gasteiger partial charge in [-0.1, -0.05) is 13.3 Å². The van der Waals surface area contributed by atoms with E-state index in [2.05, 4.69) is 40.4 Å². The van der Waals surface area contributed by atoms with Crippen molar-refractivity contribution in [2.24, 2.45) is 0 Å². The maximum absolute atomic E-state index is 12.3. The molecule has 0 radical (unpaired) electrons. The van der Waals surface area contributed by atoms with Crippen LogP contribution < -0.4 is 26.6 Å². The van der Waals surface area contributed by atoms with E-state index >= 15 is 0 Å². The molecule has 3 unspecified atom stereocenters. The fraction of sp³-hybridized carbons (Fsp3) is 0.941. The minimum atomic E-state index is -0.205. The van der Waals surface area contributed by atoms with Crippen LogP contribution in [0.3, 0.4) is 0 Å². The van der Waals surface area contributed by atoms with Gasteiger partial charge < -0.3 is 20.7 Å². The molecule has 1 aliphatic carbocycles. The Morgan fingerprint density at radius 3 is 2.58 bits per heavy atom. The van der Waals surface area contributed by atoms with Crippen molar-refractivity contribution in [2.45, 2.75) is 89.4 Å². The summed E-state index contributed by atoms with van der Waals surface area (Å²) < 4.78 is 5.37. The monoisotopic (exact) mass is 341 g/mol. The molecule has 5 N–H and O–H groups in total. The number of rotatable bonds is 7. The summed E-state index contributed by atoms with van der Waals surface area (Å²) in [5.41, 5.74) is 0. The molecule has 1 aliphatic heterocycles. The molecule has 2 amide bonds. The molecular weight excluding hydrogens is 306 g/mol. The molecule has 0 aromatic rings. The molecule has 24 heavy (non-hydrogen) atoms. The number of nitrogens with one attached hydrogen (secondary N) is 5. The molecule has 0 bridgehead atoms. The fourth-order valence-corrected chi connectivity index (χ4v) is 3.50. The first-order valence-corrected chi connectivity index (χ1v) is 9.46. The summed E-state index contributed by atoms with van der Waals surface area (Å²) in [7, 11) is 1.76. The number of unbranched alkanes of at least 4 members (excludes halogenated alkanes) is 1. The minimum absolute atomic E-state index is 0.109. The van der Waals surface area contributed by atoms with Crippen LogP contribution in [0.2, 0.25) is 0 Å². The van der Waals surface area contributed by atoms with Gasteiger partial charge >= 0.3 is 6.03 Å². The second-order valence-electron chi connectivity index (χ2n) is 7.09. The molecule has 7 heteroatoms. The quantitative estimate of drug-likeness (QED) is 0.450. The van der Waals surface area contributed by atoms with E-state index in [4.69, 9.17) is 4.74 Å². The Hall–Kier alpha value is -0.890. The number of hydrogen-bond donors (Lipinski definition) is 5. The van der Waals surface area contributed by atoms with E-state index in [1.807, 2.05) is 0 Å². The van der Waals surface area contributed by atoms with Crippen molar-refractivity contribution in [1.82, 2.24) is 26.6 Å². The largest absolute Gasteiger partial charge is 0.381 e. The van der Waals surface area contributed by atoms with Crippen molar-refractivity contribution in [3.8, 4) is 0 Å². The summed E-state index contributed by atoms with van der Waals surface area (Å²) in [6.07, 6.45) is 7.73. The van der Waals surface area contributed by atoms with E-state index in [1.165, 1.54) is 12.8 Å². The Labute approximate surface area is 146 Å². The first kappa shape index (κ1) is 19.4. The van der Waals surface area contributed by atoms with Gasteiger partial charge in [0.2, 0.25) is 0 Å². The van der Waals surface area contributed by atoms with E-state index in [-0.39, 0.29) is 24.5 Å². The highest BCUT2D eigenvalue weighted by Crippen LogP contribution is 2.20. The van der Waals surface area contributed by atoms with Crippen molar-refractivity contribution < 1.29 is 9.53 Å². The predicted octanol–water partition coefficient (Wildman–Crippen LogP) is 1.21. The molecule has 1 heterocycles. The zero-order valence-electron chi connectivity index (χ0n) is 15.4. The molecule has 7 nitrogen and oxygen atoms in total. The van der Waals surface area contributed by atoms with E-state index < -0.39 is 0 Å². The third-order valence-electron chi connectivity index (χ3n) is 4.95. The van der Waals surface area contributed by atoms with Crippen LogP contribution in [-0.4, -0.2) is 50.3 Å². The average molecular weight is 342 g/mol. The Kier molecular flexibility index (Phi) is 8.24. The maximum atomic E-state index is 12.3. The van der Waals surface area contributed by atoms with Gasteiger partial charge in [0.25, 0.3) is 0 Å². The maximum Gasteiger partial charge on any atom is 0.317 e. The highest BCUT2D eigenvalue weighted by molar-refractivity contribution is 5.74. The number of urea groups is 1. The third kappa shape index (κ3) is 6.55. The smallest absolute Gasteiger partial charge is 0.317 e. The van der Waals surface area contributed by atoms with Crippen molar-refractivity contribution in [3.63, 3.8) is 0 Å². The third-order valence-corrected chi connectivity index (χ3v) is 4.95. The van der Waals surface area contributed by atoms with Crippen molar-refractivity contribution in [2.75, 3.05) is 13.7 Å². The number of carbonyl (C=O) groups excluding carboxylic acids is 1. The van der Waals surface area contributed by atoms with Gasteiger partial charge in [0.1, 0.15) is 6.29 Å². The second kappa shape index (κ2) is 10.2. The summed E-state index contributed by atoms with van der Waals surface area (Å²) in [6.45, 7) is 5.34. The SMILES string of the molecule is CCCCNC1CC(C)NC(NC(=O)NC2CCC(OC)CC2)N1. The molecular formula is C17H35N5O2. The Morgan fingerprint density at radius 1 is 1.17 bits per heavy atom. The lowest BCUT2D eigenvalue weighted by molar-refractivity contribution is 0.0633. The number of ether oxygens (including phenoxy) is 1. The Balaban J connectivity index is 1.70. The number of hydrogen-bond acceptors (Lipinski definition) is 5. The number of carbonyl (C=O) groups is 1. The first-order valence-electron chi connectivity index (χ1n) is 9.46. The topological polar surface area (TPSA) is 86.5 Å². The average Bonchev–Trinajstić information content (AvgIpc) is 2.55. The number of methoxy groups -OCH3 is 1. The van der Waals surface area contributed by atoms with Crippen LogP contribution in [0, 0.1) is 0 Å². The van der Waals surface area contributed by atoms with Crippen LogP contribution in [0.25, 0.3) is 0 Å². The zero-order valence-corrected chi connectivity index (χ0v) is 15.4. The summed E-state index contributed by atoms with van der Waals surface area (Å²) in [5.74, 6) is 0. The van der Waals surface area contributed by atoms with Gasteiger partial charge in [-0.25, -0.2) is 4.79 Å². The van der Waals surface area contributed by atoms with Crippen LogP contribution in [-0.2, 0) is 4.74 Å². The predicted molar refractivity (Wildman–Crippen MR) is 95.6 cm³/mol. The van der Waals surface area contributed by atoms with Gasteiger partial charge in [0.15, 0.2) is 0 Å². The molecule has 2 fully saturated rings. The van der Waals surface area contributed by atoms with Gasteiger partial charge in [-0.3, -0.25) is 10.6 Å². The second-order valence-corrected chi connectivity index (χ2v) is 7.09. The van der Waals surface area contributed by atoms with Crippen LogP contribution in [0.15, 0.2) is 0 Å². The molecule has 1 saturated heterocycles. The fourth-order valence-electron chi connectivity index (χ4n) is 3.50. The standard InChI is InChI=1S/C17H35N5O2/c1-4-5-10-18-15-11-12(2)19-16(21-15)22-17(23)20-13-6-8-14(24-3)9-7-13/h12-16,18-19,21H,4-11H2,1-3H3,(H2,20,22,23). The minimum Gasteiger partial charge on any atom is -0.381 e. The molecule has 0 aromatic carbocycles. The molecule has 2 aliphatic rings. The van der Waals surface area contributed by atoms with E-state index in [9.17, 15) is 4.79 Å². The van der Waals surface area contributed by atoms with Gasteiger partial charge in [0.05, 0.1) is 12.3 Å². The number of amides is 2. The summed E-state index contributed by atoms with van der Waals surface area (Å²) >= 11 is 0. The van der Waals surface area contributed by atoms with E-state index in [1.54, 1.807) is 7.11 Å². The normalized spacial score (nSPS) is 33.9. The van der Waals surface area contributed by atoms with Crippen molar-refractivity contribution in [1.29, 1.82) is 0 Å². The van der Waals surface area contributed by atoms with Gasteiger partial charge in [0, 0.05) is 19.2 Å². The van der Waals surface area contributed by atoms with Crippen molar-refractivity contribution >= 4 is 6.03 Å². The molecule has 140 valence electrons. The van der Waals surface area contributed by atoms with Crippen LogP contribution in [0.5, 0.6) is 0 Å². The van der Waals surface area contributed by atoms with Gasteiger partial charge in [-0.2, -0.15) is 0 Å². The van der Waals surface area contributed by atoms with Crippen molar-refractivity contribution in [3.05, 3.63) is 0 Å². The van der Waals surface area contributed by atoms with Gasteiger partial charge in [-0.05, 0) is 52.0 Å². The highest BCUT2D eigenvalue weighted by Gasteiger charge is 2.27. The Morgan fingerprint density at radius 2 is 1.92 bits per heavy atom. The zero-order chi connectivity index (χ0) is 17.4. The molecule has 0 aromatic heterocycles. The first-order chi connectivity index (χ1) is 11.6. The van der Waals surface area contributed by atoms with E-state index in [0.717, 1.165) is 38.6 Å². The summed E-state index contributed by atoms with van der Waals surface area (Å²) in [4.78, 5) is 12.3.